The van der Waals surface area contributed by atoms with Crippen molar-refractivity contribution in [2.24, 2.45) is 0 Å². The van der Waals surface area contributed by atoms with E-state index < -0.39 is 11.8 Å². The number of hydrogen-bond acceptors (Lipinski definition) is 4. The molecule has 19 heavy (non-hydrogen) atoms. The Morgan fingerprint density at radius 3 is 2.58 bits per heavy atom. The summed E-state index contributed by atoms with van der Waals surface area (Å²) in [4.78, 5) is 25.9. The van der Waals surface area contributed by atoms with Crippen LogP contribution in [0.1, 0.15) is 35.7 Å². The third-order valence-electron chi connectivity index (χ3n) is 3.32. The monoisotopic (exact) mass is 261 g/mol. The van der Waals surface area contributed by atoms with E-state index in [4.69, 9.17) is 4.74 Å². The normalized spacial score (nSPS) is 15.4. The zero-order chi connectivity index (χ0) is 13.7. The summed E-state index contributed by atoms with van der Waals surface area (Å²) in [6, 6.07) is 7.28. The minimum absolute atomic E-state index is 0.221. The molecule has 0 N–H and O–H groups in total. The molecule has 0 saturated carbocycles. The Morgan fingerprint density at radius 2 is 1.89 bits per heavy atom. The molecule has 1 aromatic rings. The molecule has 0 radical (unpaired) electrons. The van der Waals surface area contributed by atoms with Crippen LogP contribution < -0.4 is 0 Å². The van der Waals surface area contributed by atoms with Gasteiger partial charge in [-0.3, -0.25) is 9.69 Å². The number of carbonyl (C=O) groups excluding carboxylic acids is 2. The molecule has 1 saturated heterocycles. The molecule has 0 bridgehead atoms. The van der Waals surface area contributed by atoms with E-state index in [0.29, 0.717) is 5.56 Å². The number of esters is 1. The van der Waals surface area contributed by atoms with Gasteiger partial charge in [-0.05, 0) is 38.4 Å². The first-order chi connectivity index (χ1) is 9.22. The molecule has 0 unspecified atom stereocenters. The maximum atomic E-state index is 12.0. The number of Topliss-reactive ketones (excluding diaryl/α,β-unsaturated/α-hetero) is 1. The number of likely N-dealkylation sites (tertiary alicyclic amines) is 1. The van der Waals surface area contributed by atoms with Crippen LogP contribution in [0.15, 0.2) is 24.3 Å². The van der Waals surface area contributed by atoms with E-state index in [-0.39, 0.29) is 6.61 Å². The highest BCUT2D eigenvalue weighted by atomic mass is 16.5. The molecule has 0 aromatic heterocycles. The fourth-order valence-electron chi connectivity index (χ4n) is 2.37. The third kappa shape index (κ3) is 3.41. The van der Waals surface area contributed by atoms with E-state index in [1.54, 1.807) is 19.1 Å². The summed E-state index contributed by atoms with van der Waals surface area (Å²) in [7, 11) is 0. The van der Waals surface area contributed by atoms with Crippen molar-refractivity contribution in [3.63, 3.8) is 0 Å². The van der Waals surface area contributed by atoms with Gasteiger partial charge in [0.1, 0.15) is 0 Å². The predicted octanol–water partition coefficient (Wildman–Crippen LogP) is 2.03. The van der Waals surface area contributed by atoms with Crippen LogP contribution in [0.4, 0.5) is 0 Å². The molecule has 1 heterocycles. The zero-order valence-electron chi connectivity index (χ0n) is 11.2. The van der Waals surface area contributed by atoms with Crippen molar-refractivity contribution < 1.29 is 14.3 Å². The molecule has 1 aliphatic rings. The van der Waals surface area contributed by atoms with Crippen LogP contribution in [0.2, 0.25) is 0 Å². The van der Waals surface area contributed by atoms with E-state index in [0.717, 1.165) is 25.2 Å². The molecule has 1 aromatic carbocycles. The van der Waals surface area contributed by atoms with Crippen LogP contribution >= 0.6 is 0 Å². The minimum Gasteiger partial charge on any atom is -0.460 e. The van der Waals surface area contributed by atoms with Crippen molar-refractivity contribution in [2.45, 2.75) is 26.3 Å². The van der Waals surface area contributed by atoms with Gasteiger partial charge in [-0.2, -0.15) is 0 Å². The molecule has 0 spiro atoms. The lowest BCUT2D eigenvalue weighted by molar-refractivity contribution is -0.137. The van der Waals surface area contributed by atoms with Gasteiger partial charge in [-0.1, -0.05) is 24.3 Å². The van der Waals surface area contributed by atoms with Gasteiger partial charge in [0.25, 0.3) is 5.78 Å². The highest BCUT2D eigenvalue weighted by molar-refractivity contribution is 6.41. The SMILES string of the molecule is CCOC(=O)C(=O)c1ccccc1CN1CCCC1. The molecule has 2 rings (SSSR count). The maximum Gasteiger partial charge on any atom is 0.379 e. The van der Waals surface area contributed by atoms with Gasteiger partial charge in [0.05, 0.1) is 6.61 Å². The van der Waals surface area contributed by atoms with E-state index in [1.165, 1.54) is 12.8 Å². The van der Waals surface area contributed by atoms with Crippen LogP contribution in [0.5, 0.6) is 0 Å². The Balaban J connectivity index is 2.15. The molecule has 0 aliphatic carbocycles. The molecule has 1 fully saturated rings. The van der Waals surface area contributed by atoms with Gasteiger partial charge < -0.3 is 4.74 Å². The van der Waals surface area contributed by atoms with Gasteiger partial charge >= 0.3 is 5.97 Å². The van der Waals surface area contributed by atoms with Crippen molar-refractivity contribution in [1.29, 1.82) is 0 Å². The molecule has 0 atom stereocenters. The van der Waals surface area contributed by atoms with Crippen molar-refractivity contribution in [2.75, 3.05) is 19.7 Å². The molecule has 102 valence electrons. The summed E-state index contributed by atoms with van der Waals surface area (Å²) < 4.78 is 4.78. The zero-order valence-corrected chi connectivity index (χ0v) is 11.2. The Bertz CT molecular complexity index is 464. The maximum absolute atomic E-state index is 12.0. The van der Waals surface area contributed by atoms with E-state index in [9.17, 15) is 9.59 Å². The lowest BCUT2D eigenvalue weighted by Crippen LogP contribution is -2.23. The second-order valence-electron chi connectivity index (χ2n) is 4.69. The third-order valence-corrected chi connectivity index (χ3v) is 3.32. The summed E-state index contributed by atoms with van der Waals surface area (Å²) in [5.74, 6) is -1.31. The average molecular weight is 261 g/mol. The fraction of sp³-hybridized carbons (Fsp3) is 0.467. The summed E-state index contributed by atoms with van der Waals surface area (Å²) in [5, 5.41) is 0. The van der Waals surface area contributed by atoms with Gasteiger partial charge in [0.2, 0.25) is 0 Å². The van der Waals surface area contributed by atoms with Crippen LogP contribution in [0, 0.1) is 0 Å². The van der Waals surface area contributed by atoms with Crippen molar-refractivity contribution >= 4 is 11.8 Å². The first kappa shape index (κ1) is 13.7. The van der Waals surface area contributed by atoms with Crippen molar-refractivity contribution in [1.82, 2.24) is 4.90 Å². The van der Waals surface area contributed by atoms with E-state index >= 15 is 0 Å². The van der Waals surface area contributed by atoms with Crippen LogP contribution in [0.25, 0.3) is 0 Å². The lowest BCUT2D eigenvalue weighted by Gasteiger charge is -2.16. The second kappa shape index (κ2) is 6.48. The fourth-order valence-corrected chi connectivity index (χ4v) is 2.37. The summed E-state index contributed by atoms with van der Waals surface area (Å²) in [5.41, 5.74) is 1.37. The molecule has 4 nitrogen and oxygen atoms in total. The summed E-state index contributed by atoms with van der Waals surface area (Å²) >= 11 is 0. The number of benzene rings is 1. The first-order valence-electron chi connectivity index (χ1n) is 6.74. The predicted molar refractivity (Wildman–Crippen MR) is 71.9 cm³/mol. The lowest BCUT2D eigenvalue weighted by atomic mass is 10.0. The van der Waals surface area contributed by atoms with Gasteiger partial charge in [0.15, 0.2) is 0 Å². The van der Waals surface area contributed by atoms with Crippen LogP contribution in [-0.2, 0) is 16.1 Å². The van der Waals surface area contributed by atoms with E-state index in [2.05, 4.69) is 4.90 Å². The molecule has 4 heteroatoms. The Morgan fingerprint density at radius 1 is 1.21 bits per heavy atom. The number of carbonyl (C=O) groups is 2. The number of ether oxygens (including phenoxy) is 1. The number of ketones is 1. The quantitative estimate of drug-likeness (QED) is 0.462. The second-order valence-corrected chi connectivity index (χ2v) is 4.69. The Kier molecular flexibility index (Phi) is 4.68. The minimum atomic E-state index is -0.767. The molecule has 1 aliphatic heterocycles. The molecule has 0 amide bonds. The highest BCUT2D eigenvalue weighted by Crippen LogP contribution is 2.17. The van der Waals surface area contributed by atoms with Gasteiger partial charge in [-0.15, -0.1) is 0 Å². The van der Waals surface area contributed by atoms with Gasteiger partial charge in [0, 0.05) is 12.1 Å². The van der Waals surface area contributed by atoms with Gasteiger partial charge in [-0.25, -0.2) is 4.79 Å². The Hall–Kier alpha value is -1.68. The van der Waals surface area contributed by atoms with Crippen LogP contribution in [-0.4, -0.2) is 36.3 Å². The number of nitrogens with zero attached hydrogens (tertiary/aromatic N) is 1. The van der Waals surface area contributed by atoms with Crippen LogP contribution in [0.3, 0.4) is 0 Å². The number of rotatable bonds is 5. The number of hydrogen-bond donors (Lipinski definition) is 0. The smallest absolute Gasteiger partial charge is 0.379 e. The van der Waals surface area contributed by atoms with E-state index in [1.807, 2.05) is 12.1 Å². The molecular weight excluding hydrogens is 242 g/mol. The first-order valence-corrected chi connectivity index (χ1v) is 6.74. The van der Waals surface area contributed by atoms with Crippen molar-refractivity contribution in [3.8, 4) is 0 Å². The highest BCUT2D eigenvalue weighted by Gasteiger charge is 2.22. The standard InChI is InChI=1S/C15H19NO3/c1-2-19-15(18)14(17)13-8-4-3-7-12(13)11-16-9-5-6-10-16/h3-4,7-8H,2,5-6,9-11H2,1H3. The largest absolute Gasteiger partial charge is 0.460 e. The summed E-state index contributed by atoms with van der Waals surface area (Å²) in [6.45, 7) is 4.76. The molecular formula is C15H19NO3. The summed E-state index contributed by atoms with van der Waals surface area (Å²) in [6.07, 6.45) is 2.40. The Labute approximate surface area is 113 Å². The van der Waals surface area contributed by atoms with Crippen molar-refractivity contribution in [3.05, 3.63) is 35.4 Å². The topological polar surface area (TPSA) is 46.6 Å². The average Bonchev–Trinajstić information content (AvgIpc) is 2.92.